The number of halogens is 1. The monoisotopic (exact) mass is 494 g/mol. The van der Waals surface area contributed by atoms with E-state index >= 15 is 0 Å². The summed E-state index contributed by atoms with van der Waals surface area (Å²) >= 11 is 5.93. The predicted octanol–water partition coefficient (Wildman–Crippen LogP) is 6.47. The van der Waals surface area contributed by atoms with Crippen molar-refractivity contribution in [3.8, 4) is 17.2 Å². The third-order valence-electron chi connectivity index (χ3n) is 5.41. The SMILES string of the molecule is CCOc1cc(/C=N\NC(=O)c2cccc(Cl)c2)ccc1OCCOc1ccc([C@@H](C)CC)cc1. The van der Waals surface area contributed by atoms with Gasteiger partial charge in [0, 0.05) is 10.6 Å². The molecule has 0 bridgehead atoms. The van der Waals surface area contributed by atoms with Crippen molar-refractivity contribution in [2.45, 2.75) is 33.1 Å². The minimum absolute atomic E-state index is 0.344. The second kappa shape index (κ2) is 13.4. The van der Waals surface area contributed by atoms with E-state index in [1.54, 1.807) is 30.5 Å². The van der Waals surface area contributed by atoms with Gasteiger partial charge < -0.3 is 14.2 Å². The first kappa shape index (κ1) is 26.1. The first-order valence-corrected chi connectivity index (χ1v) is 12.1. The van der Waals surface area contributed by atoms with Crippen LogP contribution in [0.25, 0.3) is 0 Å². The van der Waals surface area contributed by atoms with Gasteiger partial charge in [-0.25, -0.2) is 5.43 Å². The van der Waals surface area contributed by atoms with Crippen molar-refractivity contribution < 1.29 is 19.0 Å². The number of rotatable bonds is 12. The second-order valence-electron chi connectivity index (χ2n) is 7.92. The van der Waals surface area contributed by atoms with Crippen molar-refractivity contribution in [2.24, 2.45) is 5.10 Å². The molecule has 0 aliphatic carbocycles. The minimum Gasteiger partial charge on any atom is -0.490 e. The van der Waals surface area contributed by atoms with E-state index < -0.39 is 0 Å². The number of nitrogens with one attached hydrogen (secondary N) is 1. The van der Waals surface area contributed by atoms with Crippen LogP contribution in [0.3, 0.4) is 0 Å². The van der Waals surface area contributed by atoms with E-state index in [9.17, 15) is 4.79 Å². The topological polar surface area (TPSA) is 69.2 Å². The zero-order chi connectivity index (χ0) is 25.0. The van der Waals surface area contributed by atoms with Gasteiger partial charge in [0.1, 0.15) is 19.0 Å². The molecule has 1 N–H and O–H groups in total. The quantitative estimate of drug-likeness (QED) is 0.178. The number of hydrogen-bond acceptors (Lipinski definition) is 5. The predicted molar refractivity (Wildman–Crippen MR) is 140 cm³/mol. The van der Waals surface area contributed by atoms with Crippen LogP contribution in [0, 0.1) is 0 Å². The summed E-state index contributed by atoms with van der Waals surface area (Å²) in [5, 5.41) is 4.52. The van der Waals surface area contributed by atoms with Gasteiger partial charge in [-0.05, 0) is 78.9 Å². The second-order valence-corrected chi connectivity index (χ2v) is 8.36. The number of hydrazone groups is 1. The van der Waals surface area contributed by atoms with Crippen molar-refractivity contribution in [1.82, 2.24) is 5.43 Å². The molecule has 1 amide bonds. The van der Waals surface area contributed by atoms with Gasteiger partial charge in [0.2, 0.25) is 0 Å². The lowest BCUT2D eigenvalue weighted by molar-refractivity contribution is 0.0955. The summed E-state index contributed by atoms with van der Waals surface area (Å²) in [7, 11) is 0. The summed E-state index contributed by atoms with van der Waals surface area (Å²) in [6.07, 6.45) is 2.65. The minimum atomic E-state index is -0.344. The lowest BCUT2D eigenvalue weighted by atomic mass is 9.99. The van der Waals surface area contributed by atoms with E-state index in [-0.39, 0.29) is 5.91 Å². The molecule has 3 aromatic rings. The van der Waals surface area contributed by atoms with Crippen LogP contribution in [-0.2, 0) is 0 Å². The highest BCUT2D eigenvalue weighted by Gasteiger charge is 2.08. The lowest BCUT2D eigenvalue weighted by Crippen LogP contribution is -2.17. The summed E-state index contributed by atoms with van der Waals surface area (Å²) in [5.74, 6) is 2.22. The highest BCUT2D eigenvalue weighted by molar-refractivity contribution is 6.30. The normalized spacial score (nSPS) is 11.8. The molecule has 0 saturated heterocycles. The Morgan fingerprint density at radius 2 is 1.74 bits per heavy atom. The fraction of sp³-hybridized carbons (Fsp3) is 0.286. The Bertz CT molecular complexity index is 1130. The number of hydrogen-bond donors (Lipinski definition) is 1. The third kappa shape index (κ3) is 8.04. The number of carbonyl (C=O) groups is 1. The van der Waals surface area contributed by atoms with Crippen LogP contribution in [0.2, 0.25) is 5.02 Å². The van der Waals surface area contributed by atoms with Crippen molar-refractivity contribution in [1.29, 1.82) is 0 Å². The van der Waals surface area contributed by atoms with Crippen LogP contribution in [0.1, 0.15) is 54.6 Å². The number of nitrogens with zero attached hydrogens (tertiary/aromatic N) is 1. The summed E-state index contributed by atoms with van der Waals surface area (Å²) in [5.41, 5.74) is 4.99. The van der Waals surface area contributed by atoms with Crippen molar-refractivity contribution in [3.05, 3.63) is 88.4 Å². The maximum Gasteiger partial charge on any atom is 0.271 e. The molecule has 3 rings (SSSR count). The van der Waals surface area contributed by atoms with Gasteiger partial charge in [-0.3, -0.25) is 4.79 Å². The molecule has 0 fully saturated rings. The van der Waals surface area contributed by atoms with E-state index in [1.807, 2.05) is 37.3 Å². The standard InChI is InChI=1S/C28H31ClN2O4/c1-4-20(3)22-10-12-25(13-11-22)34-15-16-35-26-14-9-21(17-27(26)33-5-2)19-30-31-28(32)23-7-6-8-24(29)18-23/h6-14,17-20H,4-5,15-16H2,1-3H3,(H,31,32)/b30-19-/t20-/m0/s1. The Morgan fingerprint density at radius 1 is 0.971 bits per heavy atom. The Labute approximate surface area is 211 Å². The number of amides is 1. The molecule has 0 aromatic heterocycles. The summed E-state index contributed by atoms with van der Waals surface area (Å²) < 4.78 is 17.4. The number of benzene rings is 3. The third-order valence-corrected chi connectivity index (χ3v) is 5.64. The smallest absolute Gasteiger partial charge is 0.271 e. The average Bonchev–Trinajstić information content (AvgIpc) is 2.87. The van der Waals surface area contributed by atoms with Crippen LogP contribution >= 0.6 is 11.6 Å². The Balaban J connectivity index is 1.52. The first-order valence-electron chi connectivity index (χ1n) is 11.7. The van der Waals surface area contributed by atoms with E-state index in [1.165, 1.54) is 5.56 Å². The van der Waals surface area contributed by atoms with Crippen LogP contribution in [-0.4, -0.2) is 31.9 Å². The lowest BCUT2D eigenvalue weighted by Gasteiger charge is -2.14. The number of ether oxygens (including phenoxy) is 3. The maximum atomic E-state index is 12.2. The molecule has 7 heteroatoms. The van der Waals surface area contributed by atoms with Crippen LogP contribution in [0.5, 0.6) is 17.2 Å². The Hall–Kier alpha value is -3.51. The molecule has 184 valence electrons. The molecule has 0 spiro atoms. The summed E-state index contributed by atoms with van der Waals surface area (Å²) in [6.45, 7) is 7.57. The highest BCUT2D eigenvalue weighted by atomic mass is 35.5. The summed E-state index contributed by atoms with van der Waals surface area (Å²) in [4.78, 5) is 12.2. The Kier molecular flexibility index (Phi) is 9.99. The van der Waals surface area contributed by atoms with Crippen LogP contribution < -0.4 is 19.6 Å². The fourth-order valence-electron chi connectivity index (χ4n) is 3.29. The van der Waals surface area contributed by atoms with Gasteiger partial charge in [-0.1, -0.05) is 43.6 Å². The van der Waals surface area contributed by atoms with Gasteiger partial charge >= 0.3 is 0 Å². The fourth-order valence-corrected chi connectivity index (χ4v) is 3.48. The average molecular weight is 495 g/mol. The molecule has 3 aromatic carbocycles. The van der Waals surface area contributed by atoms with E-state index in [4.69, 9.17) is 25.8 Å². The number of carbonyl (C=O) groups excluding carboxylic acids is 1. The highest BCUT2D eigenvalue weighted by Crippen LogP contribution is 2.28. The summed E-state index contributed by atoms with van der Waals surface area (Å²) in [6, 6.07) is 20.3. The molecule has 0 aliphatic rings. The molecule has 6 nitrogen and oxygen atoms in total. The van der Waals surface area contributed by atoms with Crippen molar-refractivity contribution >= 4 is 23.7 Å². The van der Waals surface area contributed by atoms with Crippen molar-refractivity contribution in [2.75, 3.05) is 19.8 Å². The molecule has 0 radical (unpaired) electrons. The van der Waals surface area contributed by atoms with Gasteiger partial charge in [0.05, 0.1) is 12.8 Å². The molecule has 35 heavy (non-hydrogen) atoms. The molecule has 1 atom stereocenters. The van der Waals surface area contributed by atoms with E-state index in [0.29, 0.717) is 47.8 Å². The molecular formula is C28H31ClN2O4. The van der Waals surface area contributed by atoms with Crippen LogP contribution in [0.15, 0.2) is 71.8 Å². The van der Waals surface area contributed by atoms with Gasteiger partial charge in [0.25, 0.3) is 5.91 Å². The Morgan fingerprint density at radius 3 is 2.46 bits per heavy atom. The maximum absolute atomic E-state index is 12.2. The van der Waals surface area contributed by atoms with E-state index in [0.717, 1.165) is 17.7 Å². The largest absolute Gasteiger partial charge is 0.490 e. The molecular weight excluding hydrogens is 464 g/mol. The van der Waals surface area contributed by atoms with Gasteiger partial charge in [0.15, 0.2) is 11.5 Å². The van der Waals surface area contributed by atoms with Crippen LogP contribution in [0.4, 0.5) is 0 Å². The van der Waals surface area contributed by atoms with Gasteiger partial charge in [-0.2, -0.15) is 5.10 Å². The molecule has 0 unspecified atom stereocenters. The molecule has 0 saturated carbocycles. The first-order chi connectivity index (χ1) is 17.0. The van der Waals surface area contributed by atoms with E-state index in [2.05, 4.69) is 36.5 Å². The zero-order valence-corrected chi connectivity index (χ0v) is 21.0. The molecule has 0 aliphatic heterocycles. The van der Waals surface area contributed by atoms with Gasteiger partial charge in [-0.15, -0.1) is 0 Å². The zero-order valence-electron chi connectivity index (χ0n) is 20.3. The molecule has 0 heterocycles. The van der Waals surface area contributed by atoms with Crippen molar-refractivity contribution in [3.63, 3.8) is 0 Å².